The molecule has 0 spiro atoms. The van der Waals surface area contributed by atoms with Crippen LogP contribution in [-0.4, -0.2) is 15.0 Å². The summed E-state index contributed by atoms with van der Waals surface area (Å²) in [4.78, 5) is 12.2. The summed E-state index contributed by atoms with van der Waals surface area (Å²) in [6, 6.07) is 15.9. The van der Waals surface area contributed by atoms with Crippen molar-refractivity contribution in [1.82, 2.24) is 15.0 Å². The third-order valence-corrected chi connectivity index (χ3v) is 2.78. The highest BCUT2D eigenvalue weighted by Crippen LogP contribution is 2.17. The maximum atomic E-state index is 5.47. The van der Waals surface area contributed by atoms with Crippen LogP contribution in [0.3, 0.4) is 0 Å². The number of rotatable bonds is 4. The topological polar surface area (TPSA) is 47.9 Å². The predicted octanol–water partition coefficient (Wildman–Crippen LogP) is 2.92. The zero-order valence-electron chi connectivity index (χ0n) is 10.7. The average Bonchev–Trinajstić information content (AvgIpc) is 2.55. The summed E-state index contributed by atoms with van der Waals surface area (Å²) in [6.45, 7) is 0.431. The second-order valence-electron chi connectivity index (χ2n) is 4.17. The van der Waals surface area contributed by atoms with Gasteiger partial charge < -0.3 is 4.74 Å². The summed E-state index contributed by atoms with van der Waals surface area (Å²) < 4.78 is 5.47. The Kier molecular flexibility index (Phi) is 3.64. The quantitative estimate of drug-likeness (QED) is 0.725. The minimum absolute atomic E-state index is 0.335. The molecule has 4 nitrogen and oxygen atoms in total. The molecule has 0 aliphatic rings. The van der Waals surface area contributed by atoms with E-state index in [1.54, 1.807) is 18.5 Å². The van der Waals surface area contributed by atoms with E-state index in [0.29, 0.717) is 12.6 Å². The molecule has 2 aromatic heterocycles. The van der Waals surface area contributed by atoms with E-state index in [2.05, 4.69) is 21.1 Å². The molecule has 0 unspecified atom stereocenters. The van der Waals surface area contributed by atoms with E-state index < -0.39 is 0 Å². The first-order valence-corrected chi connectivity index (χ1v) is 6.24. The molecule has 0 saturated carbocycles. The molecular formula is C16H12N3O. The fourth-order valence-electron chi connectivity index (χ4n) is 1.78. The zero-order chi connectivity index (χ0) is 13.6. The monoisotopic (exact) mass is 262 g/mol. The van der Waals surface area contributed by atoms with Gasteiger partial charge in [-0.2, -0.15) is 4.98 Å². The summed E-state index contributed by atoms with van der Waals surface area (Å²) in [7, 11) is 0. The second-order valence-corrected chi connectivity index (χ2v) is 4.17. The van der Waals surface area contributed by atoms with Crippen molar-refractivity contribution >= 4 is 0 Å². The number of pyridine rings is 1. The first-order chi connectivity index (χ1) is 9.92. The van der Waals surface area contributed by atoms with Crippen molar-refractivity contribution in [2.24, 2.45) is 0 Å². The maximum absolute atomic E-state index is 5.47. The second kappa shape index (κ2) is 5.93. The van der Waals surface area contributed by atoms with Crippen LogP contribution in [0, 0.1) is 6.20 Å². The van der Waals surface area contributed by atoms with Crippen LogP contribution in [-0.2, 0) is 6.61 Å². The molecule has 0 fully saturated rings. The van der Waals surface area contributed by atoms with Crippen molar-refractivity contribution in [1.29, 1.82) is 0 Å². The van der Waals surface area contributed by atoms with E-state index in [-0.39, 0.29) is 0 Å². The van der Waals surface area contributed by atoms with Gasteiger partial charge in [0.1, 0.15) is 6.61 Å². The SMILES string of the molecule is [c]1ccnc(OCc2ccc(-c3ccccn3)cc2)n1. The Morgan fingerprint density at radius 1 is 0.950 bits per heavy atom. The van der Waals surface area contributed by atoms with Gasteiger partial charge >= 0.3 is 6.01 Å². The van der Waals surface area contributed by atoms with Gasteiger partial charge in [-0.3, -0.25) is 4.98 Å². The molecule has 0 aliphatic heterocycles. The van der Waals surface area contributed by atoms with E-state index in [9.17, 15) is 0 Å². The van der Waals surface area contributed by atoms with Crippen molar-refractivity contribution in [3.8, 4) is 17.3 Å². The van der Waals surface area contributed by atoms with Gasteiger partial charge in [0, 0.05) is 18.0 Å². The van der Waals surface area contributed by atoms with Crippen LogP contribution in [0.4, 0.5) is 0 Å². The molecule has 20 heavy (non-hydrogen) atoms. The van der Waals surface area contributed by atoms with Crippen LogP contribution < -0.4 is 4.74 Å². The largest absolute Gasteiger partial charge is 0.459 e. The van der Waals surface area contributed by atoms with E-state index in [1.807, 2.05) is 42.5 Å². The van der Waals surface area contributed by atoms with Gasteiger partial charge in [-0.1, -0.05) is 30.3 Å². The van der Waals surface area contributed by atoms with Crippen LogP contribution >= 0.6 is 0 Å². The van der Waals surface area contributed by atoms with E-state index in [4.69, 9.17) is 4.74 Å². The standard InChI is InChI=1S/C16H12N3O/c1-2-9-17-15(4-1)14-7-5-13(6-8-14)12-20-16-18-10-3-11-19-16/h1-10H,12H2. The van der Waals surface area contributed by atoms with Crippen molar-refractivity contribution in [2.45, 2.75) is 6.61 Å². The lowest BCUT2D eigenvalue weighted by atomic mass is 10.1. The molecule has 3 rings (SSSR count). The molecule has 0 N–H and O–H groups in total. The van der Waals surface area contributed by atoms with E-state index >= 15 is 0 Å². The van der Waals surface area contributed by atoms with Crippen LogP contribution in [0.15, 0.2) is 60.9 Å². The lowest BCUT2D eigenvalue weighted by Crippen LogP contribution is -1.98. The molecule has 3 aromatic rings. The Labute approximate surface area is 117 Å². The molecule has 97 valence electrons. The minimum Gasteiger partial charge on any atom is -0.459 e. The van der Waals surface area contributed by atoms with E-state index in [1.165, 1.54) is 0 Å². The van der Waals surface area contributed by atoms with Gasteiger partial charge in [-0.15, -0.1) is 0 Å². The van der Waals surface area contributed by atoms with Crippen LogP contribution in [0.2, 0.25) is 0 Å². The molecule has 1 aromatic carbocycles. The van der Waals surface area contributed by atoms with Gasteiger partial charge in [0.2, 0.25) is 0 Å². The highest BCUT2D eigenvalue weighted by atomic mass is 16.5. The first kappa shape index (κ1) is 12.3. The molecule has 0 aliphatic carbocycles. The molecule has 0 saturated heterocycles. The average molecular weight is 262 g/mol. The lowest BCUT2D eigenvalue weighted by molar-refractivity contribution is 0.280. The molecule has 1 radical (unpaired) electrons. The summed E-state index contributed by atoms with van der Waals surface area (Å²) in [5.41, 5.74) is 3.09. The number of ether oxygens (including phenoxy) is 1. The number of nitrogens with zero attached hydrogens (tertiary/aromatic N) is 3. The van der Waals surface area contributed by atoms with Gasteiger partial charge in [0.25, 0.3) is 0 Å². The summed E-state index contributed by atoms with van der Waals surface area (Å²) in [5.74, 6) is 0. The number of hydrogen-bond acceptors (Lipinski definition) is 4. The molecule has 2 heterocycles. The Bertz CT molecular complexity index is 654. The Morgan fingerprint density at radius 2 is 1.85 bits per heavy atom. The Hall–Kier alpha value is -2.75. The molecule has 0 bridgehead atoms. The number of aromatic nitrogens is 3. The third-order valence-electron chi connectivity index (χ3n) is 2.78. The molecule has 0 amide bonds. The molecule has 0 atom stereocenters. The van der Waals surface area contributed by atoms with Gasteiger partial charge in [-0.05, 0) is 23.8 Å². The third kappa shape index (κ3) is 2.98. The van der Waals surface area contributed by atoms with Gasteiger partial charge in [0.05, 0.1) is 11.9 Å². The lowest BCUT2D eigenvalue weighted by Gasteiger charge is -2.05. The Morgan fingerprint density at radius 3 is 2.55 bits per heavy atom. The number of hydrogen-bond donors (Lipinski definition) is 0. The van der Waals surface area contributed by atoms with Crippen molar-refractivity contribution < 1.29 is 4.74 Å². The fraction of sp³-hybridized carbons (Fsp3) is 0.0625. The zero-order valence-corrected chi connectivity index (χ0v) is 10.7. The smallest absolute Gasteiger partial charge is 0.317 e. The highest BCUT2D eigenvalue weighted by molar-refractivity contribution is 5.58. The fourth-order valence-corrected chi connectivity index (χ4v) is 1.78. The van der Waals surface area contributed by atoms with Crippen molar-refractivity contribution in [3.63, 3.8) is 0 Å². The minimum atomic E-state index is 0.335. The van der Waals surface area contributed by atoms with Gasteiger partial charge in [-0.25, -0.2) is 4.98 Å². The number of benzene rings is 1. The molecule has 4 heteroatoms. The maximum Gasteiger partial charge on any atom is 0.317 e. The Balaban J connectivity index is 1.68. The normalized spacial score (nSPS) is 10.2. The summed E-state index contributed by atoms with van der Waals surface area (Å²) in [5, 5.41) is 0. The van der Waals surface area contributed by atoms with E-state index in [0.717, 1.165) is 16.8 Å². The highest BCUT2D eigenvalue weighted by Gasteiger charge is 2.00. The predicted molar refractivity (Wildman–Crippen MR) is 74.9 cm³/mol. The van der Waals surface area contributed by atoms with Gasteiger partial charge in [0.15, 0.2) is 0 Å². The summed E-state index contributed by atoms with van der Waals surface area (Å²) >= 11 is 0. The summed E-state index contributed by atoms with van der Waals surface area (Å²) in [6.07, 6.45) is 6.07. The van der Waals surface area contributed by atoms with Crippen molar-refractivity contribution in [3.05, 3.63) is 72.7 Å². The van der Waals surface area contributed by atoms with Crippen LogP contribution in [0.1, 0.15) is 5.56 Å². The van der Waals surface area contributed by atoms with Crippen LogP contribution in [0.5, 0.6) is 6.01 Å². The molecular weight excluding hydrogens is 250 g/mol. The van der Waals surface area contributed by atoms with Crippen molar-refractivity contribution in [2.75, 3.05) is 0 Å². The van der Waals surface area contributed by atoms with Crippen LogP contribution in [0.25, 0.3) is 11.3 Å². The first-order valence-electron chi connectivity index (χ1n) is 6.24.